The molecule has 0 unspecified atom stereocenters. The number of hydrogen-bond donors (Lipinski definition) is 0. The molecule has 2 aliphatic heterocycles. The third kappa shape index (κ3) is 8.70. The summed E-state index contributed by atoms with van der Waals surface area (Å²) < 4.78 is 2.55. The normalized spacial score (nSPS) is 12.6. The number of aryl methyl sites for hydroxylation is 2. The van der Waals surface area contributed by atoms with Crippen LogP contribution in [0.3, 0.4) is 0 Å². The van der Waals surface area contributed by atoms with Gasteiger partial charge in [-0.05, 0) is 156 Å². The molecule has 1 aromatic heterocycles. The van der Waals surface area contributed by atoms with Crippen LogP contribution in [0.1, 0.15) is 11.1 Å². The lowest BCUT2D eigenvalue weighted by Gasteiger charge is -2.45. The number of fused-ring (bicyclic) bond motifs is 7. The SMILES string of the molecule is Cc1ccc2c(c1)c1cc(C)ccc1n2-c1cc2c3c(c1)N(c1cccc([Si](c4ccccc4)(c4ccccc4)c4ccccc4)c1)c1cc(-c4ccccc4)ccc1B3c1ccccc1N2c1cccc([Si](c2ccccc2)(c2ccccc2)c2ccccc2)c1. The smallest absolute Gasteiger partial charge is 0.252 e. The highest BCUT2D eigenvalue weighted by atomic mass is 28.3. The van der Waals surface area contributed by atoms with Gasteiger partial charge in [0.05, 0.1) is 16.7 Å². The number of rotatable bonds is 12. The van der Waals surface area contributed by atoms with Gasteiger partial charge in [-0.2, -0.15) is 0 Å². The van der Waals surface area contributed by atoms with Crippen LogP contribution in [0.15, 0.2) is 352 Å². The van der Waals surface area contributed by atoms with Crippen LogP contribution in [-0.2, 0) is 0 Å². The predicted octanol–water partition coefficient (Wildman–Crippen LogP) is 13.9. The third-order valence-electron chi connectivity index (χ3n) is 19.7. The average Bonchev–Trinajstić information content (AvgIpc) is 0.806. The van der Waals surface area contributed by atoms with Crippen molar-refractivity contribution in [3.63, 3.8) is 0 Å². The molecule has 0 fully saturated rings. The second-order valence-electron chi connectivity index (χ2n) is 24.9. The first-order valence-electron chi connectivity index (χ1n) is 32.1. The Morgan fingerprint density at radius 2 is 0.620 bits per heavy atom. The summed E-state index contributed by atoms with van der Waals surface area (Å²) >= 11 is 0. The number of anilines is 6. The quantitative estimate of drug-likeness (QED) is 0.0892. The summed E-state index contributed by atoms with van der Waals surface area (Å²) in [5.41, 5.74) is 18.9. The Hall–Kier alpha value is -11.0. The van der Waals surface area contributed by atoms with Crippen LogP contribution in [0.5, 0.6) is 0 Å². The molecule has 434 valence electrons. The minimum atomic E-state index is -3.02. The van der Waals surface area contributed by atoms with Crippen LogP contribution >= 0.6 is 0 Å². The number of nitrogens with zero attached hydrogens (tertiary/aromatic N) is 3. The van der Waals surface area contributed by atoms with Gasteiger partial charge >= 0.3 is 0 Å². The summed E-state index contributed by atoms with van der Waals surface area (Å²) in [6, 6.07) is 134. The second-order valence-corrected chi connectivity index (χ2v) is 32.5. The molecule has 14 aromatic carbocycles. The highest BCUT2D eigenvalue weighted by Gasteiger charge is 2.47. The summed E-state index contributed by atoms with van der Waals surface area (Å²) in [7, 11) is -6.01. The van der Waals surface area contributed by atoms with Crippen LogP contribution in [0.2, 0.25) is 0 Å². The molecule has 0 atom stereocenters. The standard InChI is InChI=1S/C86H64BN3Si2/c1-61-48-52-80-76(54-61)77-55-62(2)49-53-81(77)90(80)67-59-84-86-85(60-67)89(66-31-27-45-75(58-66)92(71-38-18-7-19-39-71,72-40-20-8-21-41-72)73-42-22-9-23-43-73)83-56-64(63-28-10-3-11-29-63)50-51-79(83)87(86)78-46-24-25-47-82(78)88(84)65-30-26-44-74(57-65)91(68-32-12-4-13-33-68,69-34-14-5-15-35-69)70-36-16-6-17-37-70/h3-60H,1-2H3. The van der Waals surface area contributed by atoms with Gasteiger partial charge in [-0.3, -0.25) is 0 Å². The van der Waals surface area contributed by atoms with Gasteiger partial charge < -0.3 is 14.4 Å². The summed E-state index contributed by atoms with van der Waals surface area (Å²) in [5, 5.41) is 13.2. The van der Waals surface area contributed by atoms with Crippen LogP contribution in [-0.4, -0.2) is 27.4 Å². The summed E-state index contributed by atoms with van der Waals surface area (Å²) in [6.45, 7) is 4.31. The molecule has 17 rings (SSSR count). The molecule has 3 heterocycles. The van der Waals surface area contributed by atoms with Crippen molar-refractivity contribution in [2.75, 3.05) is 9.80 Å². The Balaban J connectivity index is 0.994. The van der Waals surface area contributed by atoms with E-state index in [0.717, 1.165) is 28.4 Å². The summed E-state index contributed by atoms with van der Waals surface area (Å²) in [4.78, 5) is 5.27. The van der Waals surface area contributed by atoms with E-state index in [4.69, 9.17) is 0 Å². The highest BCUT2D eigenvalue weighted by molar-refractivity contribution is 7.20. The van der Waals surface area contributed by atoms with Crippen LogP contribution < -0.4 is 67.7 Å². The minimum Gasteiger partial charge on any atom is -0.311 e. The Kier molecular flexibility index (Phi) is 13.5. The van der Waals surface area contributed by atoms with E-state index in [1.807, 2.05) is 0 Å². The van der Waals surface area contributed by atoms with Gasteiger partial charge in [0.25, 0.3) is 6.71 Å². The molecule has 6 heteroatoms. The fourth-order valence-electron chi connectivity index (χ4n) is 15.8. The molecule has 0 N–H and O–H groups in total. The molecule has 3 nitrogen and oxygen atoms in total. The van der Waals surface area contributed by atoms with Crippen molar-refractivity contribution in [2.45, 2.75) is 13.8 Å². The topological polar surface area (TPSA) is 11.4 Å². The van der Waals surface area contributed by atoms with Crippen LogP contribution in [0, 0.1) is 13.8 Å². The Morgan fingerprint density at radius 1 is 0.250 bits per heavy atom. The largest absolute Gasteiger partial charge is 0.311 e. The molecule has 0 aliphatic carbocycles. The van der Waals surface area contributed by atoms with E-state index >= 15 is 0 Å². The van der Waals surface area contributed by atoms with E-state index in [2.05, 4.69) is 380 Å². The van der Waals surface area contributed by atoms with Gasteiger partial charge in [0.2, 0.25) is 0 Å². The first kappa shape index (κ1) is 55.1. The fraction of sp³-hybridized carbons (Fsp3) is 0.0233. The molecule has 0 saturated heterocycles. The number of hydrogen-bond acceptors (Lipinski definition) is 2. The monoisotopic (exact) mass is 1210 g/mol. The fourth-order valence-corrected chi connectivity index (χ4v) is 25.4. The lowest BCUT2D eigenvalue weighted by molar-refractivity contribution is 1.16. The predicted molar refractivity (Wildman–Crippen MR) is 397 cm³/mol. The lowest BCUT2D eigenvalue weighted by atomic mass is 9.33. The van der Waals surface area contributed by atoms with Gasteiger partial charge in [-0.1, -0.05) is 290 Å². The van der Waals surface area contributed by atoms with Crippen LogP contribution in [0.25, 0.3) is 38.6 Å². The number of aromatic nitrogens is 1. The minimum absolute atomic E-state index is 0.120. The molecule has 92 heavy (non-hydrogen) atoms. The first-order chi connectivity index (χ1) is 45.5. The van der Waals surface area contributed by atoms with E-state index in [1.54, 1.807) is 0 Å². The van der Waals surface area contributed by atoms with Crippen molar-refractivity contribution in [1.82, 2.24) is 4.57 Å². The van der Waals surface area contributed by atoms with Gasteiger partial charge in [0, 0.05) is 44.9 Å². The molecule has 15 aromatic rings. The van der Waals surface area contributed by atoms with Gasteiger partial charge in [-0.25, -0.2) is 0 Å². The van der Waals surface area contributed by atoms with Crippen molar-refractivity contribution < 1.29 is 0 Å². The third-order valence-corrected chi connectivity index (χ3v) is 29.3. The van der Waals surface area contributed by atoms with Crippen molar-refractivity contribution in [1.29, 1.82) is 0 Å². The van der Waals surface area contributed by atoms with Crippen molar-refractivity contribution in [3.05, 3.63) is 363 Å². The number of para-hydroxylation sites is 1. The van der Waals surface area contributed by atoms with Crippen molar-refractivity contribution in [2.24, 2.45) is 0 Å². The molecule has 0 bridgehead atoms. The van der Waals surface area contributed by atoms with Crippen molar-refractivity contribution >= 4 is 137 Å². The summed E-state index contributed by atoms with van der Waals surface area (Å²) in [6.07, 6.45) is 0. The molecule has 0 amide bonds. The molecular weight excluding hydrogens is 1140 g/mol. The van der Waals surface area contributed by atoms with Crippen molar-refractivity contribution in [3.8, 4) is 16.8 Å². The molecule has 2 aliphatic rings. The zero-order chi connectivity index (χ0) is 61.3. The molecule has 0 saturated carbocycles. The molecule has 0 spiro atoms. The first-order valence-corrected chi connectivity index (χ1v) is 36.1. The zero-order valence-corrected chi connectivity index (χ0v) is 53.4. The Bertz CT molecular complexity index is 5000. The van der Waals surface area contributed by atoms with Gasteiger partial charge in [0.1, 0.15) is 0 Å². The summed E-state index contributed by atoms with van der Waals surface area (Å²) in [5.74, 6) is 0. The zero-order valence-electron chi connectivity index (χ0n) is 51.4. The van der Waals surface area contributed by atoms with E-state index in [0.29, 0.717) is 0 Å². The number of benzene rings is 14. The Morgan fingerprint density at radius 3 is 1.05 bits per heavy atom. The van der Waals surface area contributed by atoms with E-state index in [9.17, 15) is 0 Å². The average molecular weight is 1210 g/mol. The van der Waals surface area contributed by atoms with E-state index in [-0.39, 0.29) is 6.71 Å². The maximum atomic E-state index is 2.65. The maximum absolute atomic E-state index is 3.02. The van der Waals surface area contributed by atoms with E-state index in [1.165, 1.54) is 113 Å². The van der Waals surface area contributed by atoms with Gasteiger partial charge in [0.15, 0.2) is 16.1 Å². The second kappa shape index (κ2) is 22.5. The Labute approximate surface area is 541 Å². The highest BCUT2D eigenvalue weighted by Crippen LogP contribution is 2.47. The molecule has 0 radical (unpaired) electrons. The van der Waals surface area contributed by atoms with E-state index < -0.39 is 16.1 Å². The van der Waals surface area contributed by atoms with Gasteiger partial charge in [-0.15, -0.1) is 0 Å². The maximum Gasteiger partial charge on any atom is 0.252 e. The molecular formula is C86H64BN3Si2. The van der Waals surface area contributed by atoms with Crippen LogP contribution in [0.4, 0.5) is 34.1 Å². The lowest BCUT2D eigenvalue weighted by Crippen LogP contribution is -2.74.